The van der Waals surface area contributed by atoms with Crippen LogP contribution < -0.4 is 10.7 Å². The predicted octanol–water partition coefficient (Wildman–Crippen LogP) is 3.24. The molecule has 1 aliphatic rings. The van der Waals surface area contributed by atoms with Crippen LogP contribution in [0, 0.1) is 12.7 Å². The number of hydrogen-bond donors (Lipinski definition) is 1. The second-order valence-corrected chi connectivity index (χ2v) is 6.92. The monoisotopic (exact) mass is 381 g/mol. The Morgan fingerprint density at radius 1 is 1.21 bits per heavy atom. The Bertz CT molecular complexity index is 1080. The summed E-state index contributed by atoms with van der Waals surface area (Å²) in [7, 11) is 0. The van der Waals surface area contributed by atoms with Crippen molar-refractivity contribution in [2.45, 2.75) is 38.6 Å². The lowest BCUT2D eigenvalue weighted by Gasteiger charge is -2.15. The Hall–Kier alpha value is -3.29. The fraction of sp³-hybridized carbons (Fsp3) is 0.300. The van der Waals surface area contributed by atoms with Crippen molar-refractivity contribution in [3.05, 3.63) is 70.0 Å². The number of nitrogens with zero attached hydrogens (tertiary/aromatic N) is 4. The Morgan fingerprint density at radius 3 is 2.71 bits per heavy atom. The molecule has 3 aromatic rings. The third kappa shape index (κ3) is 3.33. The molecule has 7 nitrogen and oxygen atoms in total. The van der Waals surface area contributed by atoms with Crippen molar-refractivity contribution in [1.29, 1.82) is 0 Å². The molecule has 0 saturated heterocycles. The number of carbonyl (C=O) groups excluding carboxylic acids is 1. The van der Waals surface area contributed by atoms with E-state index in [1.54, 1.807) is 36.0 Å². The van der Waals surface area contributed by atoms with Crippen LogP contribution in [0.1, 0.15) is 47.9 Å². The SMILES string of the molecule is Cc1cc(=O)c(C(=O)Nc2ccnn2C2CCCC2)nn1-c1ccccc1F. The summed E-state index contributed by atoms with van der Waals surface area (Å²) < 4.78 is 17.2. The van der Waals surface area contributed by atoms with E-state index in [9.17, 15) is 14.0 Å². The van der Waals surface area contributed by atoms with Crippen LogP contribution >= 0.6 is 0 Å². The summed E-state index contributed by atoms with van der Waals surface area (Å²) in [5, 5.41) is 11.2. The van der Waals surface area contributed by atoms with Gasteiger partial charge in [0, 0.05) is 17.8 Å². The van der Waals surface area contributed by atoms with Crippen molar-refractivity contribution in [2.24, 2.45) is 0 Å². The zero-order valence-corrected chi connectivity index (χ0v) is 15.4. The fourth-order valence-electron chi connectivity index (χ4n) is 3.60. The van der Waals surface area contributed by atoms with Crippen molar-refractivity contribution in [3.8, 4) is 5.69 Å². The molecule has 2 aromatic heterocycles. The number of carbonyl (C=O) groups is 1. The van der Waals surface area contributed by atoms with Crippen LogP contribution in [-0.4, -0.2) is 25.5 Å². The van der Waals surface area contributed by atoms with E-state index in [0.29, 0.717) is 11.5 Å². The van der Waals surface area contributed by atoms with Crippen molar-refractivity contribution in [1.82, 2.24) is 19.6 Å². The fourth-order valence-corrected chi connectivity index (χ4v) is 3.60. The van der Waals surface area contributed by atoms with Crippen LogP contribution in [0.15, 0.2) is 47.4 Å². The van der Waals surface area contributed by atoms with Crippen LogP contribution in [0.5, 0.6) is 0 Å². The van der Waals surface area contributed by atoms with Crippen molar-refractivity contribution in [2.75, 3.05) is 5.32 Å². The number of aryl methyl sites for hydroxylation is 1. The quantitative estimate of drug-likeness (QED) is 0.752. The van der Waals surface area contributed by atoms with Gasteiger partial charge in [0.25, 0.3) is 5.91 Å². The van der Waals surface area contributed by atoms with Gasteiger partial charge in [0.2, 0.25) is 5.43 Å². The number of benzene rings is 1. The maximum Gasteiger partial charge on any atom is 0.281 e. The molecule has 1 amide bonds. The summed E-state index contributed by atoms with van der Waals surface area (Å²) in [5.41, 5.74) is -0.213. The summed E-state index contributed by atoms with van der Waals surface area (Å²) in [5.74, 6) is -0.613. The van der Waals surface area contributed by atoms with E-state index < -0.39 is 17.2 Å². The molecular formula is C20H20FN5O2. The normalized spacial score (nSPS) is 14.4. The summed E-state index contributed by atoms with van der Waals surface area (Å²) in [4.78, 5) is 25.1. The minimum absolute atomic E-state index is 0.171. The molecule has 2 heterocycles. The number of anilines is 1. The number of amides is 1. The number of aromatic nitrogens is 4. The lowest BCUT2D eigenvalue weighted by Crippen LogP contribution is -2.28. The van der Waals surface area contributed by atoms with E-state index in [4.69, 9.17) is 0 Å². The first-order chi connectivity index (χ1) is 13.5. The molecule has 1 aromatic carbocycles. The third-order valence-corrected chi connectivity index (χ3v) is 4.99. The number of halogens is 1. The molecule has 0 bridgehead atoms. The highest BCUT2D eigenvalue weighted by atomic mass is 19.1. The van der Waals surface area contributed by atoms with Crippen molar-refractivity contribution < 1.29 is 9.18 Å². The van der Waals surface area contributed by atoms with Gasteiger partial charge in [0.1, 0.15) is 17.3 Å². The zero-order valence-electron chi connectivity index (χ0n) is 15.4. The average Bonchev–Trinajstić information content (AvgIpc) is 3.34. The molecule has 1 N–H and O–H groups in total. The van der Waals surface area contributed by atoms with E-state index >= 15 is 0 Å². The van der Waals surface area contributed by atoms with E-state index in [-0.39, 0.29) is 17.4 Å². The highest BCUT2D eigenvalue weighted by Gasteiger charge is 2.22. The van der Waals surface area contributed by atoms with Gasteiger partial charge in [-0.1, -0.05) is 25.0 Å². The van der Waals surface area contributed by atoms with Crippen LogP contribution in [0.4, 0.5) is 10.2 Å². The molecule has 0 atom stereocenters. The zero-order chi connectivity index (χ0) is 19.7. The maximum atomic E-state index is 14.2. The molecule has 8 heteroatoms. The molecule has 28 heavy (non-hydrogen) atoms. The third-order valence-electron chi connectivity index (χ3n) is 4.99. The van der Waals surface area contributed by atoms with Crippen LogP contribution in [0.3, 0.4) is 0 Å². The number of rotatable bonds is 4. The Labute approximate surface area is 160 Å². The first kappa shape index (κ1) is 18.1. The summed E-state index contributed by atoms with van der Waals surface area (Å²) in [6.07, 6.45) is 5.89. The van der Waals surface area contributed by atoms with Gasteiger partial charge in [-0.15, -0.1) is 0 Å². The number of nitrogens with one attached hydrogen (secondary N) is 1. The predicted molar refractivity (Wildman–Crippen MR) is 102 cm³/mol. The topological polar surface area (TPSA) is 81.8 Å². The van der Waals surface area contributed by atoms with Gasteiger partial charge in [-0.2, -0.15) is 10.2 Å². The Morgan fingerprint density at radius 2 is 1.96 bits per heavy atom. The minimum atomic E-state index is -0.644. The molecular weight excluding hydrogens is 361 g/mol. The summed E-state index contributed by atoms with van der Waals surface area (Å²) >= 11 is 0. The Kier molecular flexibility index (Phi) is 4.77. The van der Waals surface area contributed by atoms with Gasteiger partial charge < -0.3 is 5.32 Å². The largest absolute Gasteiger partial charge is 0.305 e. The van der Waals surface area contributed by atoms with E-state index in [2.05, 4.69) is 15.5 Å². The second kappa shape index (κ2) is 7.38. The van der Waals surface area contributed by atoms with Gasteiger partial charge in [0.15, 0.2) is 5.69 Å². The maximum absolute atomic E-state index is 14.2. The standard InChI is InChI=1S/C20H20FN5O2/c1-13-12-17(27)19(24-25(13)16-9-5-4-8-15(16)21)20(28)23-18-10-11-22-26(18)14-6-2-3-7-14/h4-5,8-12,14H,2-3,6-7H2,1H3,(H,23,28). The van der Waals surface area contributed by atoms with Crippen LogP contribution in [-0.2, 0) is 0 Å². The van der Waals surface area contributed by atoms with Crippen LogP contribution in [0.2, 0.25) is 0 Å². The van der Waals surface area contributed by atoms with Gasteiger partial charge in [-0.3, -0.25) is 9.59 Å². The van der Waals surface area contributed by atoms with Gasteiger partial charge >= 0.3 is 0 Å². The van der Waals surface area contributed by atoms with Crippen molar-refractivity contribution >= 4 is 11.7 Å². The van der Waals surface area contributed by atoms with E-state index in [1.807, 2.05) is 0 Å². The molecule has 4 rings (SSSR count). The molecule has 1 fully saturated rings. The highest BCUT2D eigenvalue weighted by Crippen LogP contribution is 2.31. The second-order valence-electron chi connectivity index (χ2n) is 6.92. The molecule has 0 unspecified atom stereocenters. The van der Waals surface area contributed by atoms with E-state index in [1.165, 1.54) is 22.9 Å². The first-order valence-electron chi connectivity index (χ1n) is 9.25. The molecule has 1 aliphatic carbocycles. The highest BCUT2D eigenvalue weighted by molar-refractivity contribution is 6.02. The smallest absolute Gasteiger partial charge is 0.281 e. The number of hydrogen-bond acceptors (Lipinski definition) is 4. The minimum Gasteiger partial charge on any atom is -0.305 e. The average molecular weight is 381 g/mol. The number of para-hydroxylation sites is 1. The molecule has 1 saturated carbocycles. The molecule has 0 aliphatic heterocycles. The van der Waals surface area contributed by atoms with Gasteiger partial charge in [0.05, 0.1) is 12.2 Å². The van der Waals surface area contributed by atoms with Crippen molar-refractivity contribution in [3.63, 3.8) is 0 Å². The lowest BCUT2D eigenvalue weighted by atomic mass is 10.2. The van der Waals surface area contributed by atoms with Gasteiger partial charge in [-0.05, 0) is 31.9 Å². The van der Waals surface area contributed by atoms with Gasteiger partial charge in [-0.25, -0.2) is 13.8 Å². The molecule has 144 valence electrons. The summed E-state index contributed by atoms with van der Waals surface area (Å²) in [6, 6.07) is 9.28. The summed E-state index contributed by atoms with van der Waals surface area (Å²) in [6.45, 7) is 1.64. The van der Waals surface area contributed by atoms with E-state index in [0.717, 1.165) is 25.7 Å². The van der Waals surface area contributed by atoms with Crippen LogP contribution in [0.25, 0.3) is 5.69 Å². The molecule has 0 spiro atoms. The molecule has 0 radical (unpaired) electrons. The Balaban J connectivity index is 1.67. The first-order valence-corrected chi connectivity index (χ1v) is 9.25. The lowest BCUT2D eigenvalue weighted by molar-refractivity contribution is 0.101.